The van der Waals surface area contributed by atoms with Crippen molar-refractivity contribution in [3.05, 3.63) is 28.8 Å². The van der Waals surface area contributed by atoms with E-state index in [9.17, 15) is 0 Å². The van der Waals surface area contributed by atoms with Crippen LogP contribution in [0.25, 0.3) is 0 Å². The number of hydrogen-bond acceptors (Lipinski definition) is 1. The summed E-state index contributed by atoms with van der Waals surface area (Å²) < 4.78 is 0. The lowest BCUT2D eigenvalue weighted by Gasteiger charge is -2.22. The Morgan fingerprint density at radius 3 is 1.92 bits per heavy atom. The first-order valence-electron chi connectivity index (χ1n) is 4.63. The first-order valence-corrected chi connectivity index (χ1v) is 5.08. The molecule has 0 aliphatic heterocycles. The Morgan fingerprint density at radius 1 is 1.00 bits per heavy atom. The molecule has 0 amide bonds. The zero-order valence-electron chi connectivity index (χ0n) is 9.10. The van der Waals surface area contributed by atoms with Crippen LogP contribution in [0, 0.1) is 13.8 Å². The van der Waals surface area contributed by atoms with E-state index < -0.39 is 0 Å². The van der Waals surface area contributed by atoms with Crippen LogP contribution in [0.15, 0.2) is 17.0 Å². The Labute approximate surface area is 86.8 Å². The maximum Gasteiger partial charge on any atom is 0.00802 e. The Hall–Kier alpha value is -0.430. The zero-order chi connectivity index (χ0) is 10.2. The smallest absolute Gasteiger partial charge is 0.00802 e. The van der Waals surface area contributed by atoms with Crippen LogP contribution in [-0.2, 0) is 5.41 Å². The number of hydrogen-bond donors (Lipinski definition) is 1. The Kier molecular flexibility index (Phi) is 2.76. The highest BCUT2D eigenvalue weighted by atomic mass is 32.1. The van der Waals surface area contributed by atoms with E-state index in [4.69, 9.17) is 0 Å². The summed E-state index contributed by atoms with van der Waals surface area (Å²) in [4.78, 5) is 1.11. The predicted molar refractivity (Wildman–Crippen MR) is 61.9 cm³/mol. The van der Waals surface area contributed by atoms with E-state index >= 15 is 0 Å². The molecule has 1 rings (SSSR count). The third kappa shape index (κ3) is 2.28. The van der Waals surface area contributed by atoms with Gasteiger partial charge in [0.15, 0.2) is 0 Å². The third-order valence-corrected chi connectivity index (χ3v) is 2.79. The van der Waals surface area contributed by atoms with Crippen molar-refractivity contribution in [3.8, 4) is 0 Å². The molecule has 0 aromatic heterocycles. The molecule has 0 N–H and O–H groups in total. The Balaban J connectivity index is 3.32. The van der Waals surface area contributed by atoms with Crippen LogP contribution in [0.5, 0.6) is 0 Å². The van der Waals surface area contributed by atoms with Gasteiger partial charge in [0.25, 0.3) is 0 Å². The minimum atomic E-state index is 0.190. The van der Waals surface area contributed by atoms with E-state index in [1.54, 1.807) is 0 Å². The van der Waals surface area contributed by atoms with Crippen LogP contribution >= 0.6 is 12.6 Å². The Morgan fingerprint density at radius 2 is 1.46 bits per heavy atom. The molecule has 0 bridgehead atoms. The second-order valence-electron chi connectivity index (χ2n) is 4.70. The minimum absolute atomic E-state index is 0.190. The predicted octanol–water partition coefficient (Wildman–Crippen LogP) is 3.89. The average molecular weight is 194 g/mol. The molecule has 0 radical (unpaired) electrons. The number of thiol groups is 1. The molecule has 0 aliphatic carbocycles. The van der Waals surface area contributed by atoms with Crippen molar-refractivity contribution in [2.75, 3.05) is 0 Å². The van der Waals surface area contributed by atoms with Gasteiger partial charge in [-0.15, -0.1) is 12.6 Å². The van der Waals surface area contributed by atoms with Gasteiger partial charge in [-0.1, -0.05) is 26.8 Å². The number of rotatable bonds is 0. The van der Waals surface area contributed by atoms with Crippen molar-refractivity contribution in [3.63, 3.8) is 0 Å². The number of benzene rings is 1. The standard InChI is InChI=1S/C12H18S/c1-8-6-10(12(3,4)5)11(13)7-9(8)2/h6-7,13H,1-5H3. The van der Waals surface area contributed by atoms with E-state index in [2.05, 4.69) is 59.4 Å². The van der Waals surface area contributed by atoms with Gasteiger partial charge in [0.2, 0.25) is 0 Å². The van der Waals surface area contributed by atoms with Gasteiger partial charge in [-0.2, -0.15) is 0 Å². The largest absolute Gasteiger partial charge is 0.143 e. The van der Waals surface area contributed by atoms with Crippen LogP contribution < -0.4 is 0 Å². The fraction of sp³-hybridized carbons (Fsp3) is 0.500. The molecule has 0 saturated heterocycles. The highest BCUT2D eigenvalue weighted by Crippen LogP contribution is 2.30. The van der Waals surface area contributed by atoms with Gasteiger partial charge >= 0.3 is 0 Å². The summed E-state index contributed by atoms with van der Waals surface area (Å²) in [5.74, 6) is 0. The molecule has 1 aromatic carbocycles. The van der Waals surface area contributed by atoms with E-state index in [0.717, 1.165) is 4.90 Å². The first kappa shape index (κ1) is 10.6. The van der Waals surface area contributed by atoms with E-state index in [1.165, 1.54) is 16.7 Å². The SMILES string of the molecule is Cc1cc(S)c(C(C)(C)C)cc1C. The maximum atomic E-state index is 4.51. The molecule has 0 unspecified atom stereocenters. The summed E-state index contributed by atoms with van der Waals surface area (Å²) in [5, 5.41) is 0. The fourth-order valence-electron chi connectivity index (χ4n) is 1.40. The molecule has 0 nitrogen and oxygen atoms in total. The van der Waals surface area contributed by atoms with Crippen molar-refractivity contribution in [2.45, 2.75) is 44.9 Å². The van der Waals surface area contributed by atoms with Gasteiger partial charge in [0.1, 0.15) is 0 Å². The van der Waals surface area contributed by atoms with E-state index in [0.29, 0.717) is 0 Å². The lowest BCUT2D eigenvalue weighted by molar-refractivity contribution is 0.577. The normalized spacial score (nSPS) is 11.8. The van der Waals surface area contributed by atoms with Crippen LogP contribution in [-0.4, -0.2) is 0 Å². The van der Waals surface area contributed by atoms with Crippen molar-refractivity contribution < 1.29 is 0 Å². The third-order valence-electron chi connectivity index (χ3n) is 2.42. The summed E-state index contributed by atoms with van der Waals surface area (Å²) in [5.41, 5.74) is 4.19. The molecular weight excluding hydrogens is 176 g/mol. The van der Waals surface area contributed by atoms with Crippen LogP contribution in [0.1, 0.15) is 37.5 Å². The van der Waals surface area contributed by atoms with Gasteiger partial charge < -0.3 is 0 Å². The summed E-state index contributed by atoms with van der Waals surface area (Å²) in [6, 6.07) is 4.40. The quantitative estimate of drug-likeness (QED) is 0.595. The zero-order valence-corrected chi connectivity index (χ0v) is 10.00. The van der Waals surface area contributed by atoms with Gasteiger partial charge in [-0.3, -0.25) is 0 Å². The first-order chi connectivity index (χ1) is 5.82. The molecular formula is C12H18S. The lowest BCUT2D eigenvalue weighted by atomic mass is 9.85. The Bertz CT molecular complexity index is 319. The monoisotopic (exact) mass is 194 g/mol. The van der Waals surface area contributed by atoms with Gasteiger partial charge in [0.05, 0.1) is 0 Å². The van der Waals surface area contributed by atoms with E-state index in [-0.39, 0.29) is 5.41 Å². The van der Waals surface area contributed by atoms with Crippen molar-refractivity contribution in [1.82, 2.24) is 0 Å². The summed E-state index contributed by atoms with van der Waals surface area (Å²) in [6.07, 6.45) is 0. The number of aryl methyl sites for hydroxylation is 2. The van der Waals surface area contributed by atoms with E-state index in [1.807, 2.05) is 0 Å². The maximum absolute atomic E-state index is 4.51. The van der Waals surface area contributed by atoms with Crippen molar-refractivity contribution in [1.29, 1.82) is 0 Å². The molecule has 1 aromatic rings. The van der Waals surface area contributed by atoms with Gasteiger partial charge in [0, 0.05) is 4.90 Å². The van der Waals surface area contributed by atoms with Crippen LogP contribution in [0.2, 0.25) is 0 Å². The lowest BCUT2D eigenvalue weighted by Crippen LogP contribution is -2.12. The molecule has 0 fully saturated rings. The molecule has 0 aliphatic rings. The van der Waals surface area contributed by atoms with Crippen molar-refractivity contribution in [2.24, 2.45) is 0 Å². The van der Waals surface area contributed by atoms with Crippen LogP contribution in [0.3, 0.4) is 0 Å². The topological polar surface area (TPSA) is 0 Å². The molecule has 13 heavy (non-hydrogen) atoms. The molecule has 0 spiro atoms. The fourth-order valence-corrected chi connectivity index (χ4v) is 2.00. The molecule has 0 atom stereocenters. The highest BCUT2D eigenvalue weighted by Gasteiger charge is 2.17. The second-order valence-corrected chi connectivity index (χ2v) is 5.19. The van der Waals surface area contributed by atoms with Gasteiger partial charge in [-0.25, -0.2) is 0 Å². The van der Waals surface area contributed by atoms with Crippen LogP contribution in [0.4, 0.5) is 0 Å². The summed E-state index contributed by atoms with van der Waals surface area (Å²) in [7, 11) is 0. The summed E-state index contributed by atoms with van der Waals surface area (Å²) >= 11 is 4.51. The van der Waals surface area contributed by atoms with Gasteiger partial charge in [-0.05, 0) is 42.0 Å². The molecule has 0 saturated carbocycles. The minimum Gasteiger partial charge on any atom is -0.143 e. The molecule has 0 heterocycles. The average Bonchev–Trinajstić information content (AvgIpc) is 1.94. The highest BCUT2D eigenvalue weighted by molar-refractivity contribution is 7.80. The van der Waals surface area contributed by atoms with Crippen molar-refractivity contribution >= 4 is 12.6 Å². The molecule has 72 valence electrons. The molecule has 1 heteroatoms. The summed E-state index contributed by atoms with van der Waals surface area (Å²) in [6.45, 7) is 10.9. The second kappa shape index (κ2) is 3.38.